The number of hydrogen-bond donors (Lipinski definition) is 0. The van der Waals surface area contributed by atoms with Crippen molar-refractivity contribution >= 4 is 28.5 Å². The van der Waals surface area contributed by atoms with Crippen LogP contribution in [0.25, 0.3) is 11.0 Å². The Morgan fingerprint density at radius 2 is 2.10 bits per heavy atom. The van der Waals surface area contributed by atoms with Gasteiger partial charge in [-0.15, -0.1) is 0 Å². The average molecular weight is 412 g/mol. The maximum Gasteiger partial charge on any atom is 0.220 e. The van der Waals surface area contributed by atoms with Crippen LogP contribution in [-0.4, -0.2) is 33.5 Å². The number of aromatic nitrogens is 2. The van der Waals surface area contributed by atoms with Gasteiger partial charge in [0.05, 0.1) is 23.7 Å². The van der Waals surface area contributed by atoms with Gasteiger partial charge in [0.2, 0.25) is 5.91 Å². The summed E-state index contributed by atoms with van der Waals surface area (Å²) in [6.07, 6.45) is 2.83. The maximum absolute atomic E-state index is 12.1. The van der Waals surface area contributed by atoms with Crippen molar-refractivity contribution in [3.63, 3.8) is 0 Å². The topological polar surface area (TPSA) is 47.4 Å². The minimum atomic E-state index is 0.0553. The molecule has 1 saturated heterocycles. The van der Waals surface area contributed by atoms with Gasteiger partial charge in [0, 0.05) is 25.0 Å². The maximum atomic E-state index is 12.1. The zero-order chi connectivity index (χ0) is 20.4. The molecule has 3 aromatic rings. The third-order valence-electron chi connectivity index (χ3n) is 5.56. The van der Waals surface area contributed by atoms with E-state index in [-0.39, 0.29) is 11.9 Å². The number of imidazole rings is 1. The predicted molar refractivity (Wildman–Crippen MR) is 115 cm³/mol. The second-order valence-electron chi connectivity index (χ2n) is 7.59. The Bertz CT molecular complexity index is 1030. The summed E-state index contributed by atoms with van der Waals surface area (Å²) < 4.78 is 8.18. The van der Waals surface area contributed by atoms with Gasteiger partial charge in [0.25, 0.3) is 0 Å². The van der Waals surface area contributed by atoms with Gasteiger partial charge in [-0.05, 0) is 62.1 Å². The van der Waals surface area contributed by atoms with Crippen molar-refractivity contribution in [3.05, 3.63) is 58.9 Å². The normalized spacial score (nSPS) is 16.5. The van der Waals surface area contributed by atoms with Crippen molar-refractivity contribution in [2.24, 2.45) is 0 Å². The molecule has 2 heterocycles. The van der Waals surface area contributed by atoms with Crippen LogP contribution in [0.2, 0.25) is 5.02 Å². The second kappa shape index (κ2) is 8.46. The first-order valence-corrected chi connectivity index (χ1v) is 10.5. The van der Waals surface area contributed by atoms with Crippen LogP contribution in [0.15, 0.2) is 42.5 Å². The highest BCUT2D eigenvalue weighted by molar-refractivity contribution is 6.31. The fraction of sp³-hybridized carbons (Fsp3) is 0.391. The predicted octanol–water partition coefficient (Wildman–Crippen LogP) is 5.15. The Balaban J connectivity index is 1.51. The molecule has 1 aliphatic heterocycles. The molecule has 2 aromatic carbocycles. The van der Waals surface area contributed by atoms with E-state index >= 15 is 0 Å². The lowest BCUT2D eigenvalue weighted by atomic mass is 10.2. The van der Waals surface area contributed by atoms with Crippen LogP contribution in [-0.2, 0) is 11.3 Å². The quantitative estimate of drug-likeness (QED) is 0.527. The number of amides is 1. The molecule has 1 atom stereocenters. The summed E-state index contributed by atoms with van der Waals surface area (Å²) in [4.78, 5) is 18.9. The Labute approximate surface area is 176 Å². The van der Waals surface area contributed by atoms with Crippen LogP contribution in [0.4, 0.5) is 0 Å². The van der Waals surface area contributed by atoms with Crippen molar-refractivity contribution in [3.8, 4) is 5.75 Å². The molecule has 29 heavy (non-hydrogen) atoms. The number of fused-ring (bicyclic) bond motifs is 1. The highest BCUT2D eigenvalue weighted by Crippen LogP contribution is 2.33. The fourth-order valence-corrected chi connectivity index (χ4v) is 4.23. The van der Waals surface area contributed by atoms with Gasteiger partial charge in [-0.2, -0.15) is 0 Å². The first-order chi connectivity index (χ1) is 14.0. The van der Waals surface area contributed by atoms with Gasteiger partial charge in [-0.25, -0.2) is 4.98 Å². The largest absolute Gasteiger partial charge is 0.494 e. The van der Waals surface area contributed by atoms with E-state index in [1.165, 1.54) is 0 Å². The minimum Gasteiger partial charge on any atom is -0.494 e. The molecule has 1 aliphatic rings. The number of para-hydroxylation sites is 2. The van der Waals surface area contributed by atoms with Gasteiger partial charge >= 0.3 is 0 Å². The highest BCUT2D eigenvalue weighted by Gasteiger charge is 2.32. The van der Waals surface area contributed by atoms with Crippen LogP contribution >= 0.6 is 11.6 Å². The molecular formula is C23H26ClN3O2. The molecule has 1 aromatic heterocycles. The Morgan fingerprint density at radius 1 is 1.28 bits per heavy atom. The van der Waals surface area contributed by atoms with Crippen molar-refractivity contribution in [2.45, 2.75) is 45.7 Å². The summed E-state index contributed by atoms with van der Waals surface area (Å²) in [5, 5.41) is 0.749. The van der Waals surface area contributed by atoms with Gasteiger partial charge in [-0.3, -0.25) is 4.79 Å². The van der Waals surface area contributed by atoms with Crippen molar-refractivity contribution < 1.29 is 9.53 Å². The lowest BCUT2D eigenvalue weighted by molar-refractivity contribution is -0.129. The number of rotatable bonds is 6. The van der Waals surface area contributed by atoms with E-state index in [1.807, 2.05) is 48.2 Å². The van der Waals surface area contributed by atoms with E-state index in [4.69, 9.17) is 21.3 Å². The van der Waals surface area contributed by atoms with E-state index in [9.17, 15) is 4.79 Å². The Hall–Kier alpha value is -2.53. The third-order valence-corrected chi connectivity index (χ3v) is 5.99. The van der Waals surface area contributed by atoms with Crippen LogP contribution in [0.3, 0.4) is 0 Å². The average Bonchev–Trinajstić information content (AvgIpc) is 3.32. The molecule has 0 bridgehead atoms. The summed E-state index contributed by atoms with van der Waals surface area (Å²) in [6, 6.07) is 14.0. The van der Waals surface area contributed by atoms with Crippen LogP contribution in [0.1, 0.15) is 43.6 Å². The molecule has 0 N–H and O–H groups in total. The summed E-state index contributed by atoms with van der Waals surface area (Å²) in [6.45, 7) is 5.83. The highest BCUT2D eigenvalue weighted by atomic mass is 35.5. The first kappa shape index (κ1) is 19.8. The third kappa shape index (κ3) is 4.10. The Kier molecular flexibility index (Phi) is 5.76. The molecule has 152 valence electrons. The summed E-state index contributed by atoms with van der Waals surface area (Å²) >= 11 is 6.08. The van der Waals surface area contributed by atoms with Gasteiger partial charge in [0.15, 0.2) is 0 Å². The number of benzene rings is 2. The van der Waals surface area contributed by atoms with Crippen LogP contribution < -0.4 is 4.74 Å². The van der Waals surface area contributed by atoms with E-state index in [2.05, 4.69) is 10.6 Å². The van der Waals surface area contributed by atoms with Crippen LogP contribution in [0.5, 0.6) is 5.75 Å². The molecule has 5 nitrogen and oxygen atoms in total. The molecule has 0 spiro atoms. The zero-order valence-electron chi connectivity index (χ0n) is 16.9. The zero-order valence-corrected chi connectivity index (χ0v) is 17.7. The van der Waals surface area contributed by atoms with E-state index in [0.29, 0.717) is 6.61 Å². The fourth-order valence-electron chi connectivity index (χ4n) is 4.12. The molecule has 1 amide bonds. The summed E-state index contributed by atoms with van der Waals surface area (Å²) in [5.74, 6) is 1.94. The van der Waals surface area contributed by atoms with Crippen LogP contribution in [0, 0.1) is 6.92 Å². The minimum absolute atomic E-state index is 0.0553. The number of carbonyl (C=O) groups excluding carboxylic acids is 1. The number of ether oxygens (including phenoxy) is 1. The number of halogens is 1. The first-order valence-electron chi connectivity index (χ1n) is 10.2. The number of carbonyl (C=O) groups is 1. The molecule has 0 radical (unpaired) electrons. The lowest BCUT2D eigenvalue weighted by Gasteiger charge is -2.24. The van der Waals surface area contributed by atoms with Crippen molar-refractivity contribution in [1.82, 2.24) is 14.5 Å². The number of likely N-dealkylation sites (tertiary alicyclic amines) is 1. The van der Waals surface area contributed by atoms with Crippen molar-refractivity contribution in [1.29, 1.82) is 0 Å². The summed E-state index contributed by atoms with van der Waals surface area (Å²) in [5.41, 5.74) is 3.10. The van der Waals surface area contributed by atoms with Crippen molar-refractivity contribution in [2.75, 3.05) is 13.2 Å². The molecular weight excluding hydrogens is 386 g/mol. The smallest absolute Gasteiger partial charge is 0.220 e. The molecule has 4 rings (SSSR count). The molecule has 0 unspecified atom stereocenters. The molecule has 1 fully saturated rings. The van der Waals surface area contributed by atoms with E-state index in [1.54, 1.807) is 6.92 Å². The van der Waals surface area contributed by atoms with Gasteiger partial charge in [0.1, 0.15) is 11.6 Å². The molecule has 6 heteroatoms. The van der Waals surface area contributed by atoms with Gasteiger partial charge in [-0.1, -0.05) is 23.7 Å². The van der Waals surface area contributed by atoms with E-state index in [0.717, 1.165) is 65.5 Å². The van der Waals surface area contributed by atoms with Gasteiger partial charge < -0.3 is 14.2 Å². The SMILES string of the molecule is CC(=O)N1CCC[C@@H]1c1nc2ccccc2n1CCCOc1ccc(Cl)c(C)c1. The second-order valence-corrected chi connectivity index (χ2v) is 8.00. The molecule has 0 aliphatic carbocycles. The number of nitrogens with zero attached hydrogens (tertiary/aromatic N) is 3. The Morgan fingerprint density at radius 3 is 2.90 bits per heavy atom. The summed E-state index contributed by atoms with van der Waals surface area (Å²) in [7, 11) is 0. The molecule has 0 saturated carbocycles. The van der Waals surface area contributed by atoms with E-state index < -0.39 is 0 Å². The standard InChI is InChI=1S/C23H26ClN3O2/c1-16-15-18(10-11-19(16)24)29-14-6-13-27-21-8-4-3-7-20(21)25-23(27)22-9-5-12-26(22)17(2)28/h3-4,7-8,10-11,15,22H,5-6,9,12-14H2,1-2H3/t22-/m1/s1. The monoisotopic (exact) mass is 411 g/mol. The lowest BCUT2D eigenvalue weighted by Crippen LogP contribution is -2.30. The number of aryl methyl sites for hydroxylation is 2. The number of hydrogen-bond acceptors (Lipinski definition) is 3.